The Bertz CT molecular complexity index is 302. The average Bonchev–Trinajstić information content (AvgIpc) is 2.37. The zero-order valence-electron chi connectivity index (χ0n) is 11.8. The molecule has 3 N–H and O–H groups in total. The summed E-state index contributed by atoms with van der Waals surface area (Å²) in [7, 11) is 2.10. The highest BCUT2D eigenvalue weighted by Gasteiger charge is 2.20. The van der Waals surface area contributed by atoms with Crippen LogP contribution in [0.2, 0.25) is 0 Å². The maximum Gasteiger partial charge on any atom is 0.326 e. The average molecular weight is 271 g/mol. The second-order valence-corrected chi connectivity index (χ2v) is 5.28. The van der Waals surface area contributed by atoms with Gasteiger partial charge in [-0.3, -0.25) is 0 Å². The minimum absolute atomic E-state index is 0.375. The highest BCUT2D eigenvalue weighted by molar-refractivity contribution is 5.82. The second kappa shape index (κ2) is 7.99. The summed E-state index contributed by atoms with van der Waals surface area (Å²) < 4.78 is 0. The number of urea groups is 1. The van der Waals surface area contributed by atoms with E-state index in [9.17, 15) is 9.59 Å². The van der Waals surface area contributed by atoms with Gasteiger partial charge in [0.2, 0.25) is 0 Å². The Labute approximate surface area is 114 Å². The van der Waals surface area contributed by atoms with Crippen molar-refractivity contribution >= 4 is 12.0 Å². The van der Waals surface area contributed by atoms with Crippen LogP contribution in [0.15, 0.2) is 0 Å². The summed E-state index contributed by atoms with van der Waals surface area (Å²) in [5.41, 5.74) is 0. The van der Waals surface area contributed by atoms with Crippen molar-refractivity contribution in [2.75, 3.05) is 26.7 Å². The van der Waals surface area contributed by atoms with Gasteiger partial charge in [0.05, 0.1) is 0 Å². The minimum atomic E-state index is -0.976. The molecule has 0 aromatic carbocycles. The van der Waals surface area contributed by atoms with Crippen LogP contribution in [0, 0.1) is 5.92 Å². The number of carboxylic acid groups (broad SMARTS) is 1. The second-order valence-electron chi connectivity index (χ2n) is 5.28. The zero-order chi connectivity index (χ0) is 14.3. The van der Waals surface area contributed by atoms with Crippen molar-refractivity contribution in [3.05, 3.63) is 0 Å². The number of carbonyl (C=O) groups is 2. The Balaban J connectivity index is 2.24. The summed E-state index contributed by atoms with van der Waals surface area (Å²) in [5, 5.41) is 14.2. The largest absolute Gasteiger partial charge is 0.480 e. The summed E-state index contributed by atoms with van der Waals surface area (Å²) in [4.78, 5) is 24.8. The van der Waals surface area contributed by atoms with E-state index >= 15 is 0 Å². The van der Waals surface area contributed by atoms with Crippen LogP contribution in [0.4, 0.5) is 4.79 Å². The molecule has 0 aromatic heterocycles. The normalized spacial score (nSPS) is 18.8. The van der Waals surface area contributed by atoms with E-state index in [0.29, 0.717) is 18.9 Å². The van der Waals surface area contributed by atoms with Gasteiger partial charge in [0, 0.05) is 6.54 Å². The van der Waals surface area contributed by atoms with Gasteiger partial charge in [-0.1, -0.05) is 13.3 Å². The molecule has 0 radical (unpaired) electrons. The highest BCUT2D eigenvalue weighted by atomic mass is 16.4. The summed E-state index contributed by atoms with van der Waals surface area (Å²) in [6.07, 6.45) is 3.34. The third-order valence-electron chi connectivity index (χ3n) is 3.57. The van der Waals surface area contributed by atoms with Crippen molar-refractivity contribution in [2.45, 2.75) is 38.6 Å². The molecule has 2 amide bonds. The Kier molecular flexibility index (Phi) is 6.62. The molecule has 1 atom stereocenters. The predicted octanol–water partition coefficient (Wildman–Crippen LogP) is 0.881. The molecule has 0 bridgehead atoms. The number of hydrogen-bond acceptors (Lipinski definition) is 3. The maximum absolute atomic E-state index is 11.6. The molecule has 6 nitrogen and oxygen atoms in total. The number of hydrogen-bond donors (Lipinski definition) is 3. The first kappa shape index (κ1) is 15.8. The van der Waals surface area contributed by atoms with Gasteiger partial charge in [0.25, 0.3) is 0 Å². The zero-order valence-corrected chi connectivity index (χ0v) is 11.8. The quantitative estimate of drug-likeness (QED) is 0.670. The van der Waals surface area contributed by atoms with Crippen molar-refractivity contribution in [2.24, 2.45) is 5.92 Å². The first-order valence-electron chi connectivity index (χ1n) is 6.98. The lowest BCUT2D eigenvalue weighted by atomic mass is 9.97. The SMILES string of the molecule is CCC[C@@H](NC(=O)NCC1CCN(C)CC1)C(=O)O. The number of aliphatic carboxylic acids is 1. The first-order valence-corrected chi connectivity index (χ1v) is 6.98. The van der Waals surface area contributed by atoms with E-state index in [1.807, 2.05) is 6.92 Å². The van der Waals surface area contributed by atoms with E-state index in [1.54, 1.807) is 0 Å². The molecule has 1 aliphatic rings. The number of carbonyl (C=O) groups excluding carboxylic acids is 1. The maximum atomic E-state index is 11.6. The molecule has 1 rings (SSSR count). The molecule has 0 saturated carbocycles. The molecule has 110 valence electrons. The molecule has 1 saturated heterocycles. The third-order valence-corrected chi connectivity index (χ3v) is 3.57. The van der Waals surface area contributed by atoms with Crippen LogP contribution < -0.4 is 10.6 Å². The van der Waals surface area contributed by atoms with Crippen molar-refractivity contribution in [1.29, 1.82) is 0 Å². The Morgan fingerprint density at radius 2 is 2.00 bits per heavy atom. The van der Waals surface area contributed by atoms with Gasteiger partial charge in [-0.15, -0.1) is 0 Å². The molecule has 6 heteroatoms. The lowest BCUT2D eigenvalue weighted by molar-refractivity contribution is -0.139. The minimum Gasteiger partial charge on any atom is -0.480 e. The van der Waals surface area contributed by atoms with Gasteiger partial charge in [-0.2, -0.15) is 0 Å². The molecule has 1 heterocycles. The molecule has 1 fully saturated rings. The van der Waals surface area contributed by atoms with Crippen LogP contribution in [-0.4, -0.2) is 54.7 Å². The third kappa shape index (κ3) is 5.92. The molecule has 0 aromatic rings. The summed E-state index contributed by atoms with van der Waals surface area (Å²) in [6.45, 7) is 4.63. The Hall–Kier alpha value is -1.30. The molecular weight excluding hydrogens is 246 g/mol. The number of nitrogens with one attached hydrogen (secondary N) is 2. The molecule has 19 heavy (non-hydrogen) atoms. The Morgan fingerprint density at radius 3 is 2.53 bits per heavy atom. The van der Waals surface area contributed by atoms with E-state index in [1.165, 1.54) is 0 Å². The fourth-order valence-corrected chi connectivity index (χ4v) is 2.26. The van der Waals surface area contributed by atoms with Crippen LogP contribution in [0.5, 0.6) is 0 Å². The Morgan fingerprint density at radius 1 is 1.37 bits per heavy atom. The van der Waals surface area contributed by atoms with Gasteiger partial charge in [0.1, 0.15) is 6.04 Å². The van der Waals surface area contributed by atoms with E-state index in [0.717, 1.165) is 32.4 Å². The number of rotatable bonds is 6. The van der Waals surface area contributed by atoms with Gasteiger partial charge < -0.3 is 20.6 Å². The van der Waals surface area contributed by atoms with E-state index in [2.05, 4.69) is 22.6 Å². The van der Waals surface area contributed by atoms with Crippen molar-refractivity contribution in [3.63, 3.8) is 0 Å². The molecule has 1 aliphatic heterocycles. The number of amides is 2. The van der Waals surface area contributed by atoms with E-state index < -0.39 is 12.0 Å². The summed E-state index contributed by atoms with van der Waals surface area (Å²) in [6, 6.07) is -1.16. The van der Waals surface area contributed by atoms with Crippen molar-refractivity contribution in [3.8, 4) is 0 Å². The lowest BCUT2D eigenvalue weighted by Gasteiger charge is -2.29. The molecule has 0 spiro atoms. The van der Waals surface area contributed by atoms with E-state index in [4.69, 9.17) is 5.11 Å². The van der Waals surface area contributed by atoms with Crippen molar-refractivity contribution in [1.82, 2.24) is 15.5 Å². The van der Waals surface area contributed by atoms with Gasteiger partial charge in [0.15, 0.2) is 0 Å². The first-order chi connectivity index (χ1) is 9.02. The highest BCUT2D eigenvalue weighted by Crippen LogP contribution is 2.14. The number of carboxylic acids is 1. The smallest absolute Gasteiger partial charge is 0.326 e. The molecular formula is C13H25N3O3. The van der Waals surface area contributed by atoms with Crippen LogP contribution >= 0.6 is 0 Å². The van der Waals surface area contributed by atoms with Crippen LogP contribution in [0.25, 0.3) is 0 Å². The number of nitrogens with zero attached hydrogens (tertiary/aromatic N) is 1. The van der Waals surface area contributed by atoms with Crippen LogP contribution in [0.3, 0.4) is 0 Å². The van der Waals surface area contributed by atoms with Crippen LogP contribution in [-0.2, 0) is 4.79 Å². The van der Waals surface area contributed by atoms with E-state index in [-0.39, 0.29) is 6.03 Å². The summed E-state index contributed by atoms with van der Waals surface area (Å²) >= 11 is 0. The van der Waals surface area contributed by atoms with Gasteiger partial charge in [-0.05, 0) is 45.3 Å². The van der Waals surface area contributed by atoms with Gasteiger partial charge in [-0.25, -0.2) is 9.59 Å². The van der Waals surface area contributed by atoms with Crippen LogP contribution in [0.1, 0.15) is 32.6 Å². The molecule has 0 aliphatic carbocycles. The number of piperidine rings is 1. The fraction of sp³-hybridized carbons (Fsp3) is 0.846. The van der Waals surface area contributed by atoms with Crippen molar-refractivity contribution < 1.29 is 14.7 Å². The monoisotopic (exact) mass is 271 g/mol. The fourth-order valence-electron chi connectivity index (χ4n) is 2.26. The van der Waals surface area contributed by atoms with Gasteiger partial charge >= 0.3 is 12.0 Å². The lowest BCUT2D eigenvalue weighted by Crippen LogP contribution is -2.47. The molecule has 0 unspecified atom stereocenters. The predicted molar refractivity (Wildman–Crippen MR) is 73.1 cm³/mol. The number of likely N-dealkylation sites (tertiary alicyclic amines) is 1. The summed E-state index contributed by atoms with van der Waals surface area (Å²) in [5.74, 6) is -0.479. The topological polar surface area (TPSA) is 81.7 Å². The standard InChI is InChI=1S/C13H25N3O3/c1-3-4-11(12(17)18)15-13(19)14-9-10-5-7-16(2)8-6-10/h10-11H,3-9H2,1-2H3,(H,17,18)(H2,14,15,19)/t11-/m1/s1.